The van der Waals surface area contributed by atoms with E-state index in [1.165, 1.54) is 6.07 Å². The van der Waals surface area contributed by atoms with Gasteiger partial charge in [0.25, 0.3) is 5.78 Å². The molecule has 1 aliphatic rings. The standard InChI is InChI=1S/C20H16F2N2O3S/c1-10-3-5-11(6-4-10)16-15(18(25)19(26)27-2)17(24-20(28)23-16)13-8-7-12(21)9-14(13)22/h3-9,17H,1-2H3,(H2,23,24,28)/t17-/m1/s1. The second kappa shape index (κ2) is 7.85. The summed E-state index contributed by atoms with van der Waals surface area (Å²) in [6.07, 6.45) is 0. The summed E-state index contributed by atoms with van der Waals surface area (Å²) in [4.78, 5) is 24.8. The van der Waals surface area contributed by atoms with Gasteiger partial charge in [0.1, 0.15) is 11.6 Å². The summed E-state index contributed by atoms with van der Waals surface area (Å²) in [6, 6.07) is 9.00. The van der Waals surface area contributed by atoms with Crippen molar-refractivity contribution in [3.63, 3.8) is 0 Å². The van der Waals surface area contributed by atoms with E-state index in [-0.39, 0.29) is 21.9 Å². The van der Waals surface area contributed by atoms with Crippen molar-refractivity contribution in [3.05, 3.63) is 76.4 Å². The fourth-order valence-electron chi connectivity index (χ4n) is 2.93. The average Bonchev–Trinajstić information content (AvgIpc) is 2.66. The van der Waals surface area contributed by atoms with Gasteiger partial charge in [-0.15, -0.1) is 0 Å². The molecule has 3 rings (SSSR count). The Labute approximate surface area is 165 Å². The van der Waals surface area contributed by atoms with Crippen LogP contribution in [0.4, 0.5) is 8.78 Å². The highest BCUT2D eigenvalue weighted by Crippen LogP contribution is 2.33. The first-order valence-corrected chi connectivity index (χ1v) is 8.69. The molecule has 1 aliphatic heterocycles. The number of nitrogens with one attached hydrogen (secondary N) is 2. The van der Waals surface area contributed by atoms with Gasteiger partial charge in [0.2, 0.25) is 0 Å². The van der Waals surface area contributed by atoms with Crippen molar-refractivity contribution in [1.82, 2.24) is 10.6 Å². The van der Waals surface area contributed by atoms with E-state index in [4.69, 9.17) is 12.2 Å². The van der Waals surface area contributed by atoms with Crippen molar-refractivity contribution in [2.75, 3.05) is 7.11 Å². The van der Waals surface area contributed by atoms with Crippen LogP contribution in [0.1, 0.15) is 22.7 Å². The molecule has 144 valence electrons. The van der Waals surface area contributed by atoms with Crippen LogP contribution in [0.2, 0.25) is 0 Å². The predicted octanol–water partition coefficient (Wildman–Crippen LogP) is 2.95. The van der Waals surface area contributed by atoms with Crippen molar-refractivity contribution in [1.29, 1.82) is 0 Å². The second-order valence-corrected chi connectivity index (χ2v) is 6.58. The number of thiocarbonyl (C=S) groups is 1. The summed E-state index contributed by atoms with van der Waals surface area (Å²) in [5, 5.41) is 5.78. The maximum atomic E-state index is 14.5. The van der Waals surface area contributed by atoms with Crippen molar-refractivity contribution in [2.24, 2.45) is 0 Å². The molecule has 1 heterocycles. The second-order valence-electron chi connectivity index (χ2n) is 6.17. The lowest BCUT2D eigenvalue weighted by molar-refractivity contribution is -0.150. The summed E-state index contributed by atoms with van der Waals surface area (Å²) >= 11 is 5.21. The number of carbonyl (C=O) groups is 2. The Balaban J connectivity index is 2.25. The molecule has 0 saturated heterocycles. The molecule has 2 aromatic rings. The van der Waals surface area contributed by atoms with Gasteiger partial charge in [-0.05, 0) is 30.8 Å². The maximum Gasteiger partial charge on any atom is 0.379 e. The van der Waals surface area contributed by atoms with Crippen molar-refractivity contribution in [2.45, 2.75) is 13.0 Å². The molecule has 0 fully saturated rings. The number of hydrogen-bond acceptors (Lipinski definition) is 4. The molecule has 0 aromatic heterocycles. The van der Waals surface area contributed by atoms with E-state index in [0.717, 1.165) is 18.7 Å². The molecular formula is C20H16F2N2O3S. The highest BCUT2D eigenvalue weighted by Gasteiger charge is 2.36. The molecule has 0 aliphatic carbocycles. The van der Waals surface area contributed by atoms with Crippen molar-refractivity contribution < 1.29 is 23.1 Å². The molecule has 28 heavy (non-hydrogen) atoms. The average molecular weight is 402 g/mol. The van der Waals surface area contributed by atoms with E-state index >= 15 is 0 Å². The van der Waals surface area contributed by atoms with Crippen LogP contribution in [0.5, 0.6) is 0 Å². The van der Waals surface area contributed by atoms with E-state index in [9.17, 15) is 18.4 Å². The number of rotatable bonds is 4. The Bertz CT molecular complexity index is 1000. The molecule has 0 amide bonds. The Morgan fingerprint density at radius 2 is 1.79 bits per heavy atom. The zero-order chi connectivity index (χ0) is 20.4. The molecule has 0 spiro atoms. The summed E-state index contributed by atoms with van der Waals surface area (Å²) in [6.45, 7) is 1.90. The van der Waals surface area contributed by atoms with Gasteiger partial charge in [0, 0.05) is 11.6 Å². The smallest absolute Gasteiger partial charge is 0.379 e. The molecule has 0 saturated carbocycles. The quantitative estimate of drug-likeness (QED) is 0.466. The van der Waals surface area contributed by atoms with Gasteiger partial charge >= 0.3 is 5.97 Å². The third-order valence-corrected chi connectivity index (χ3v) is 4.52. The number of halogens is 2. The molecule has 2 aromatic carbocycles. The Hall–Kier alpha value is -3.13. The van der Waals surface area contributed by atoms with Gasteiger partial charge in [0.05, 0.1) is 24.4 Å². The molecule has 8 heteroatoms. The number of hydrogen-bond donors (Lipinski definition) is 2. The SMILES string of the molecule is COC(=O)C(=O)C1=C(c2ccc(C)cc2)NC(=S)N[C@@H]1c1ccc(F)cc1F. The Kier molecular flexibility index (Phi) is 5.51. The number of methoxy groups -OCH3 is 1. The fourth-order valence-corrected chi connectivity index (χ4v) is 3.15. The van der Waals surface area contributed by atoms with Crippen LogP contribution in [0, 0.1) is 18.6 Å². The number of ether oxygens (including phenoxy) is 1. The number of esters is 1. The molecule has 1 atom stereocenters. The highest BCUT2D eigenvalue weighted by molar-refractivity contribution is 7.80. The number of ketones is 1. The highest BCUT2D eigenvalue weighted by atomic mass is 32.1. The van der Waals surface area contributed by atoms with Gasteiger partial charge < -0.3 is 15.4 Å². The number of carbonyl (C=O) groups excluding carboxylic acids is 2. The minimum atomic E-state index is -1.11. The van der Waals surface area contributed by atoms with E-state index in [0.29, 0.717) is 11.6 Å². The van der Waals surface area contributed by atoms with Crippen LogP contribution in [-0.4, -0.2) is 24.0 Å². The molecule has 2 N–H and O–H groups in total. The lowest BCUT2D eigenvalue weighted by Crippen LogP contribution is -2.46. The van der Waals surface area contributed by atoms with Gasteiger partial charge in [-0.3, -0.25) is 4.79 Å². The van der Waals surface area contributed by atoms with Crippen molar-refractivity contribution >= 4 is 34.8 Å². The van der Waals surface area contributed by atoms with E-state index < -0.39 is 29.4 Å². The van der Waals surface area contributed by atoms with Gasteiger partial charge in [0.15, 0.2) is 5.11 Å². The first-order chi connectivity index (χ1) is 13.3. The van der Waals surface area contributed by atoms with E-state index in [1.807, 2.05) is 19.1 Å². The number of Topliss-reactive ketones (excluding diaryl/α,β-unsaturated/α-hetero) is 1. The predicted molar refractivity (Wildman–Crippen MR) is 103 cm³/mol. The minimum Gasteiger partial charge on any atom is -0.463 e. The molecule has 5 nitrogen and oxygen atoms in total. The molecular weight excluding hydrogens is 386 g/mol. The van der Waals surface area contributed by atoms with Crippen LogP contribution < -0.4 is 10.6 Å². The lowest BCUT2D eigenvalue weighted by Gasteiger charge is -2.31. The number of aryl methyl sites for hydroxylation is 1. The maximum absolute atomic E-state index is 14.5. The largest absolute Gasteiger partial charge is 0.463 e. The van der Waals surface area contributed by atoms with Crippen LogP contribution >= 0.6 is 12.2 Å². The first-order valence-electron chi connectivity index (χ1n) is 8.28. The van der Waals surface area contributed by atoms with Crippen LogP contribution in [0.25, 0.3) is 5.70 Å². The zero-order valence-electron chi connectivity index (χ0n) is 15.0. The molecule has 0 radical (unpaired) electrons. The minimum absolute atomic E-state index is 0.0258. The van der Waals surface area contributed by atoms with Crippen LogP contribution in [0.15, 0.2) is 48.0 Å². The monoisotopic (exact) mass is 402 g/mol. The first kappa shape index (κ1) is 19.6. The summed E-state index contributed by atoms with van der Waals surface area (Å²) in [5.74, 6) is -3.71. The zero-order valence-corrected chi connectivity index (χ0v) is 15.8. The summed E-state index contributed by atoms with van der Waals surface area (Å²) < 4.78 is 32.4. The van der Waals surface area contributed by atoms with Gasteiger partial charge in [-0.25, -0.2) is 13.6 Å². The topological polar surface area (TPSA) is 67.4 Å². The van der Waals surface area contributed by atoms with Crippen LogP contribution in [-0.2, 0) is 14.3 Å². The fraction of sp³-hybridized carbons (Fsp3) is 0.150. The van der Waals surface area contributed by atoms with Gasteiger partial charge in [-0.2, -0.15) is 0 Å². The van der Waals surface area contributed by atoms with Crippen LogP contribution in [0.3, 0.4) is 0 Å². The normalized spacial score (nSPS) is 16.3. The third-order valence-electron chi connectivity index (χ3n) is 4.30. The molecule has 0 bridgehead atoms. The summed E-state index contributed by atoms with van der Waals surface area (Å²) in [7, 11) is 1.08. The Morgan fingerprint density at radius 3 is 2.39 bits per heavy atom. The third kappa shape index (κ3) is 3.77. The van der Waals surface area contributed by atoms with Gasteiger partial charge in [-0.1, -0.05) is 35.9 Å². The number of benzene rings is 2. The van der Waals surface area contributed by atoms with E-state index in [1.54, 1.807) is 12.1 Å². The lowest BCUT2D eigenvalue weighted by atomic mass is 9.89. The Morgan fingerprint density at radius 1 is 1.11 bits per heavy atom. The van der Waals surface area contributed by atoms with Crippen molar-refractivity contribution in [3.8, 4) is 0 Å². The molecule has 0 unspecified atom stereocenters. The van der Waals surface area contributed by atoms with E-state index in [2.05, 4.69) is 15.4 Å². The summed E-state index contributed by atoms with van der Waals surface area (Å²) in [5.41, 5.74) is 1.72.